The number of hydrogen-bond donors (Lipinski definition) is 1. The molecule has 2 nitrogen and oxygen atoms in total. The Morgan fingerprint density at radius 1 is 0.467 bits per heavy atom. The fraction of sp³-hybridized carbons (Fsp3) is 0. The van der Waals surface area contributed by atoms with Crippen LogP contribution in [0.3, 0.4) is 0 Å². The zero-order chi connectivity index (χ0) is 19.7. The Morgan fingerprint density at radius 2 is 1.23 bits per heavy atom. The topological polar surface area (TPSA) is 20.7 Å². The maximum Gasteiger partial charge on any atom is 0.0548 e. The average molecular weight is 382 g/mol. The molecule has 5 aromatic carbocycles. The fourth-order valence-corrected chi connectivity index (χ4v) is 4.91. The monoisotopic (exact) mass is 382 g/mol. The van der Waals surface area contributed by atoms with Crippen LogP contribution in [0.1, 0.15) is 0 Å². The first kappa shape index (κ1) is 15.8. The maximum absolute atomic E-state index is 3.60. The number of rotatable bonds is 1. The van der Waals surface area contributed by atoms with Crippen LogP contribution in [0.5, 0.6) is 0 Å². The van der Waals surface area contributed by atoms with E-state index in [0.717, 1.165) is 0 Å². The first-order valence-electron chi connectivity index (χ1n) is 10.3. The van der Waals surface area contributed by atoms with Gasteiger partial charge in [-0.2, -0.15) is 0 Å². The summed E-state index contributed by atoms with van der Waals surface area (Å²) < 4.78 is 2.40. The predicted octanol–water partition coefficient (Wildman–Crippen LogP) is 7.57. The SMILES string of the molecule is c1ccc2cc(-n3c4ccccc4c4cc5[nH]c6ccccc6c5cc43)ccc2c1. The van der Waals surface area contributed by atoms with Crippen LogP contribution in [0.2, 0.25) is 0 Å². The Kier molecular flexibility index (Phi) is 3.03. The third-order valence-corrected chi connectivity index (χ3v) is 6.29. The molecule has 0 atom stereocenters. The summed E-state index contributed by atoms with van der Waals surface area (Å²) in [6.07, 6.45) is 0. The molecule has 0 saturated carbocycles. The van der Waals surface area contributed by atoms with E-state index in [0.29, 0.717) is 0 Å². The molecule has 0 amide bonds. The van der Waals surface area contributed by atoms with Crippen molar-refractivity contribution in [1.82, 2.24) is 9.55 Å². The van der Waals surface area contributed by atoms with E-state index < -0.39 is 0 Å². The number of fused-ring (bicyclic) bond motifs is 7. The minimum atomic E-state index is 1.18. The normalized spacial score (nSPS) is 12.0. The second-order valence-corrected chi connectivity index (χ2v) is 7.97. The number of aromatic nitrogens is 2. The standard InChI is InChI=1S/C28H18N2/c1-2-8-19-15-20(14-13-18(19)7-1)30-27-12-6-4-10-22(27)24-16-26-23(17-28(24)30)21-9-3-5-11-25(21)29-26/h1-17,29H. The van der Waals surface area contributed by atoms with Gasteiger partial charge in [-0.05, 0) is 47.2 Å². The Balaban J connectivity index is 1.66. The molecule has 7 aromatic rings. The highest BCUT2D eigenvalue weighted by Crippen LogP contribution is 2.37. The minimum Gasteiger partial charge on any atom is -0.354 e. The lowest BCUT2D eigenvalue weighted by molar-refractivity contribution is 1.19. The van der Waals surface area contributed by atoms with E-state index in [2.05, 4.69) is 113 Å². The van der Waals surface area contributed by atoms with Gasteiger partial charge in [-0.15, -0.1) is 0 Å². The van der Waals surface area contributed by atoms with Crippen molar-refractivity contribution in [2.24, 2.45) is 0 Å². The number of benzene rings is 5. The van der Waals surface area contributed by atoms with Gasteiger partial charge in [-0.3, -0.25) is 0 Å². The van der Waals surface area contributed by atoms with E-state index in [1.54, 1.807) is 0 Å². The summed E-state index contributed by atoms with van der Waals surface area (Å²) in [4.78, 5) is 3.60. The van der Waals surface area contributed by atoms with Gasteiger partial charge in [0.2, 0.25) is 0 Å². The summed E-state index contributed by atoms with van der Waals surface area (Å²) in [5.41, 5.74) is 6.04. The van der Waals surface area contributed by atoms with E-state index in [1.165, 1.54) is 60.1 Å². The van der Waals surface area contributed by atoms with Crippen LogP contribution in [0, 0.1) is 0 Å². The second kappa shape index (κ2) is 5.74. The highest BCUT2D eigenvalue weighted by molar-refractivity contribution is 6.18. The van der Waals surface area contributed by atoms with Crippen molar-refractivity contribution in [2.45, 2.75) is 0 Å². The van der Waals surface area contributed by atoms with Gasteiger partial charge in [0.15, 0.2) is 0 Å². The van der Waals surface area contributed by atoms with E-state index in [1.807, 2.05) is 0 Å². The van der Waals surface area contributed by atoms with E-state index in [-0.39, 0.29) is 0 Å². The number of para-hydroxylation sites is 2. The highest BCUT2D eigenvalue weighted by atomic mass is 15.0. The van der Waals surface area contributed by atoms with Gasteiger partial charge < -0.3 is 9.55 Å². The van der Waals surface area contributed by atoms with Gasteiger partial charge in [0.05, 0.1) is 11.0 Å². The minimum absolute atomic E-state index is 1.18. The van der Waals surface area contributed by atoms with Crippen LogP contribution in [0.4, 0.5) is 0 Å². The number of aromatic amines is 1. The molecule has 7 rings (SSSR count). The summed E-state index contributed by atoms with van der Waals surface area (Å²) in [6, 6.07) is 37.2. The fourth-order valence-electron chi connectivity index (χ4n) is 4.91. The number of H-pyrrole nitrogens is 1. The maximum atomic E-state index is 3.60. The molecule has 2 heteroatoms. The molecule has 0 aliphatic heterocycles. The lowest BCUT2D eigenvalue weighted by atomic mass is 10.1. The molecule has 0 saturated heterocycles. The third-order valence-electron chi connectivity index (χ3n) is 6.29. The molecule has 0 fully saturated rings. The van der Waals surface area contributed by atoms with E-state index in [4.69, 9.17) is 0 Å². The lowest BCUT2D eigenvalue weighted by Gasteiger charge is -2.09. The molecule has 2 aromatic heterocycles. The molecule has 0 bridgehead atoms. The Bertz CT molecular complexity index is 1750. The molecule has 0 spiro atoms. The van der Waals surface area contributed by atoms with Gasteiger partial charge in [0.1, 0.15) is 0 Å². The first-order valence-corrected chi connectivity index (χ1v) is 10.3. The molecule has 30 heavy (non-hydrogen) atoms. The molecule has 140 valence electrons. The molecule has 0 aliphatic carbocycles. The van der Waals surface area contributed by atoms with Crippen molar-refractivity contribution in [1.29, 1.82) is 0 Å². The second-order valence-electron chi connectivity index (χ2n) is 7.97. The molecule has 2 heterocycles. The van der Waals surface area contributed by atoms with Crippen LogP contribution in [-0.2, 0) is 0 Å². The van der Waals surface area contributed by atoms with Gasteiger partial charge in [-0.1, -0.05) is 66.7 Å². The van der Waals surface area contributed by atoms with Crippen molar-refractivity contribution < 1.29 is 0 Å². The van der Waals surface area contributed by atoms with Gasteiger partial charge in [-0.25, -0.2) is 0 Å². The average Bonchev–Trinajstić information content (AvgIpc) is 3.32. The molecule has 0 radical (unpaired) electrons. The van der Waals surface area contributed by atoms with Crippen LogP contribution in [0.15, 0.2) is 103 Å². The molecule has 0 unspecified atom stereocenters. The van der Waals surface area contributed by atoms with Crippen molar-refractivity contribution >= 4 is 54.4 Å². The predicted molar refractivity (Wildman–Crippen MR) is 128 cm³/mol. The first-order chi connectivity index (χ1) is 14.9. The molecule has 0 aliphatic rings. The van der Waals surface area contributed by atoms with Crippen molar-refractivity contribution in [2.75, 3.05) is 0 Å². The van der Waals surface area contributed by atoms with Crippen LogP contribution < -0.4 is 0 Å². The molecular weight excluding hydrogens is 364 g/mol. The Labute approximate surface area is 173 Å². The number of nitrogens with one attached hydrogen (secondary N) is 1. The quantitative estimate of drug-likeness (QED) is 0.302. The Hall–Kier alpha value is -4.04. The smallest absolute Gasteiger partial charge is 0.0548 e. The summed E-state index contributed by atoms with van der Waals surface area (Å²) in [5, 5.41) is 7.61. The third kappa shape index (κ3) is 2.08. The van der Waals surface area contributed by atoms with Crippen LogP contribution >= 0.6 is 0 Å². The summed E-state index contributed by atoms with van der Waals surface area (Å²) >= 11 is 0. The summed E-state index contributed by atoms with van der Waals surface area (Å²) in [5.74, 6) is 0. The van der Waals surface area contributed by atoms with Gasteiger partial charge in [0, 0.05) is 38.3 Å². The van der Waals surface area contributed by atoms with Crippen LogP contribution in [0.25, 0.3) is 60.1 Å². The van der Waals surface area contributed by atoms with E-state index >= 15 is 0 Å². The molecular formula is C28H18N2. The van der Waals surface area contributed by atoms with Crippen molar-refractivity contribution in [3.8, 4) is 5.69 Å². The van der Waals surface area contributed by atoms with Gasteiger partial charge in [0.25, 0.3) is 0 Å². The largest absolute Gasteiger partial charge is 0.354 e. The zero-order valence-electron chi connectivity index (χ0n) is 16.3. The van der Waals surface area contributed by atoms with Crippen molar-refractivity contribution in [3.05, 3.63) is 103 Å². The molecule has 1 N–H and O–H groups in total. The van der Waals surface area contributed by atoms with Crippen LogP contribution in [-0.4, -0.2) is 9.55 Å². The lowest BCUT2D eigenvalue weighted by Crippen LogP contribution is -1.93. The van der Waals surface area contributed by atoms with Gasteiger partial charge >= 0.3 is 0 Å². The number of nitrogens with zero attached hydrogens (tertiary/aromatic N) is 1. The zero-order valence-corrected chi connectivity index (χ0v) is 16.3. The van der Waals surface area contributed by atoms with E-state index in [9.17, 15) is 0 Å². The summed E-state index contributed by atoms with van der Waals surface area (Å²) in [6.45, 7) is 0. The Morgan fingerprint density at radius 3 is 2.17 bits per heavy atom. The number of hydrogen-bond acceptors (Lipinski definition) is 0. The summed E-state index contributed by atoms with van der Waals surface area (Å²) in [7, 11) is 0. The van der Waals surface area contributed by atoms with Crippen molar-refractivity contribution in [3.63, 3.8) is 0 Å². The highest BCUT2D eigenvalue weighted by Gasteiger charge is 2.15.